The first-order chi connectivity index (χ1) is 4.74. The molecule has 0 aliphatic rings. The van der Waals surface area contributed by atoms with Crippen molar-refractivity contribution < 1.29 is 24.5 Å². The van der Waals surface area contributed by atoms with E-state index < -0.39 is 25.5 Å². The van der Waals surface area contributed by atoms with E-state index in [2.05, 4.69) is 9.47 Å². The maximum absolute atomic E-state index is 10.3. The Bertz CT molecular complexity index is 98.2. The average molecular weight is 150 g/mol. The Morgan fingerprint density at radius 3 is 2.30 bits per heavy atom. The summed E-state index contributed by atoms with van der Waals surface area (Å²) in [6, 6.07) is 0. The minimum absolute atomic E-state index is 0.411. The summed E-state index contributed by atoms with van der Waals surface area (Å²) in [4.78, 5) is 10.3. The zero-order chi connectivity index (χ0) is 7.98. The van der Waals surface area contributed by atoms with E-state index in [9.17, 15) is 4.79 Å². The van der Waals surface area contributed by atoms with Crippen molar-refractivity contribution in [2.45, 2.75) is 6.10 Å². The molecule has 0 atom stereocenters. The van der Waals surface area contributed by atoms with Gasteiger partial charge in [-0.25, -0.2) is 4.79 Å². The summed E-state index contributed by atoms with van der Waals surface area (Å²) >= 11 is 0. The molecule has 0 aliphatic carbocycles. The Kier molecular flexibility index (Phi) is 4.61. The predicted molar refractivity (Wildman–Crippen MR) is 31.4 cm³/mol. The van der Waals surface area contributed by atoms with E-state index in [4.69, 9.17) is 10.2 Å². The zero-order valence-corrected chi connectivity index (χ0v) is 5.61. The molecule has 0 saturated heterocycles. The van der Waals surface area contributed by atoms with Crippen LogP contribution in [0.2, 0.25) is 0 Å². The SMILES string of the molecule is COC(=O)OC(CO)CO. The van der Waals surface area contributed by atoms with Crippen molar-refractivity contribution in [1.82, 2.24) is 0 Å². The van der Waals surface area contributed by atoms with Crippen LogP contribution in [0.1, 0.15) is 0 Å². The number of methoxy groups -OCH3 is 1. The summed E-state index contributed by atoms with van der Waals surface area (Å²) in [5.74, 6) is 0. The van der Waals surface area contributed by atoms with Gasteiger partial charge < -0.3 is 19.7 Å². The third-order valence-electron chi connectivity index (χ3n) is 0.837. The van der Waals surface area contributed by atoms with Gasteiger partial charge in [0.1, 0.15) is 0 Å². The van der Waals surface area contributed by atoms with Crippen LogP contribution in [-0.4, -0.2) is 42.8 Å². The average Bonchev–Trinajstić information content (AvgIpc) is 1.99. The number of hydrogen-bond donors (Lipinski definition) is 2. The number of hydrogen-bond acceptors (Lipinski definition) is 5. The number of rotatable bonds is 3. The van der Waals surface area contributed by atoms with Crippen molar-refractivity contribution in [2.75, 3.05) is 20.3 Å². The van der Waals surface area contributed by atoms with Gasteiger partial charge in [-0.3, -0.25) is 0 Å². The second kappa shape index (κ2) is 5.01. The fourth-order valence-corrected chi connectivity index (χ4v) is 0.316. The first-order valence-electron chi connectivity index (χ1n) is 2.71. The summed E-state index contributed by atoms with van der Waals surface area (Å²) < 4.78 is 8.44. The van der Waals surface area contributed by atoms with Crippen LogP contribution in [0, 0.1) is 0 Å². The summed E-state index contributed by atoms with van der Waals surface area (Å²) in [6.07, 6.45) is -1.79. The molecule has 0 saturated carbocycles. The maximum atomic E-state index is 10.3. The van der Waals surface area contributed by atoms with E-state index >= 15 is 0 Å². The van der Waals surface area contributed by atoms with Crippen LogP contribution in [0.5, 0.6) is 0 Å². The molecule has 0 rings (SSSR count). The van der Waals surface area contributed by atoms with Gasteiger partial charge in [-0.2, -0.15) is 0 Å². The fraction of sp³-hybridized carbons (Fsp3) is 0.800. The summed E-state index contributed by atoms with van der Waals surface area (Å²) in [7, 11) is 1.15. The molecule has 0 amide bonds. The molecule has 5 nitrogen and oxygen atoms in total. The highest BCUT2D eigenvalue weighted by Gasteiger charge is 2.11. The van der Waals surface area contributed by atoms with Crippen molar-refractivity contribution in [2.24, 2.45) is 0 Å². The maximum Gasteiger partial charge on any atom is 0.508 e. The van der Waals surface area contributed by atoms with E-state index in [0.29, 0.717) is 0 Å². The highest BCUT2D eigenvalue weighted by atomic mass is 16.7. The van der Waals surface area contributed by atoms with E-state index in [1.54, 1.807) is 0 Å². The van der Waals surface area contributed by atoms with E-state index in [1.165, 1.54) is 0 Å². The number of carbonyl (C=O) groups excluding carboxylic acids is 1. The minimum Gasteiger partial charge on any atom is -0.438 e. The topological polar surface area (TPSA) is 76.0 Å². The van der Waals surface area contributed by atoms with E-state index in [1.807, 2.05) is 0 Å². The highest BCUT2D eigenvalue weighted by Crippen LogP contribution is 1.91. The Morgan fingerprint density at radius 2 is 2.00 bits per heavy atom. The molecule has 0 fully saturated rings. The largest absolute Gasteiger partial charge is 0.508 e. The van der Waals surface area contributed by atoms with Gasteiger partial charge in [0, 0.05) is 0 Å². The Balaban J connectivity index is 3.52. The Labute approximate surface area is 58.2 Å². The molecule has 2 N–H and O–H groups in total. The molecule has 0 heterocycles. The van der Waals surface area contributed by atoms with Crippen molar-refractivity contribution in [1.29, 1.82) is 0 Å². The van der Waals surface area contributed by atoms with Gasteiger partial charge in [-0.1, -0.05) is 0 Å². The second-order valence-electron chi connectivity index (χ2n) is 1.56. The van der Waals surface area contributed by atoms with Crippen LogP contribution in [0.25, 0.3) is 0 Å². The molecule has 0 aromatic heterocycles. The lowest BCUT2D eigenvalue weighted by Crippen LogP contribution is -2.25. The minimum atomic E-state index is -0.909. The van der Waals surface area contributed by atoms with Gasteiger partial charge in [0.25, 0.3) is 0 Å². The predicted octanol–water partition coefficient (Wildman–Crippen LogP) is -0.877. The molecule has 0 bridgehead atoms. The fourth-order valence-electron chi connectivity index (χ4n) is 0.316. The standard InChI is InChI=1S/C5H10O5/c1-9-5(8)10-4(2-6)3-7/h4,6-7H,2-3H2,1H3. The molecule has 60 valence electrons. The highest BCUT2D eigenvalue weighted by molar-refractivity contribution is 5.59. The van der Waals surface area contributed by atoms with Crippen LogP contribution < -0.4 is 0 Å². The first kappa shape index (κ1) is 9.19. The van der Waals surface area contributed by atoms with E-state index in [-0.39, 0.29) is 0 Å². The van der Waals surface area contributed by atoms with Crippen molar-refractivity contribution in [3.05, 3.63) is 0 Å². The van der Waals surface area contributed by atoms with Gasteiger partial charge in [0.05, 0.1) is 20.3 Å². The third kappa shape index (κ3) is 3.26. The summed E-state index contributed by atoms with van der Waals surface area (Å²) in [5, 5.41) is 16.8. The molecular weight excluding hydrogens is 140 g/mol. The lowest BCUT2D eigenvalue weighted by Gasteiger charge is -2.10. The van der Waals surface area contributed by atoms with Gasteiger partial charge in [-0.15, -0.1) is 0 Å². The number of aliphatic hydroxyl groups excluding tert-OH is 2. The smallest absolute Gasteiger partial charge is 0.438 e. The zero-order valence-electron chi connectivity index (χ0n) is 5.61. The lowest BCUT2D eigenvalue weighted by molar-refractivity contribution is -0.0108. The molecule has 10 heavy (non-hydrogen) atoms. The molecular formula is C5H10O5. The van der Waals surface area contributed by atoms with Crippen LogP contribution >= 0.6 is 0 Å². The number of aliphatic hydroxyl groups is 2. The molecule has 0 unspecified atom stereocenters. The second-order valence-corrected chi connectivity index (χ2v) is 1.56. The van der Waals surface area contributed by atoms with Crippen LogP contribution in [-0.2, 0) is 9.47 Å². The quantitative estimate of drug-likeness (QED) is 0.511. The molecule has 0 aliphatic heterocycles. The first-order valence-corrected chi connectivity index (χ1v) is 2.71. The Hall–Kier alpha value is -0.810. The lowest BCUT2D eigenvalue weighted by atomic mass is 10.4. The van der Waals surface area contributed by atoms with Gasteiger partial charge in [0.2, 0.25) is 0 Å². The van der Waals surface area contributed by atoms with Gasteiger partial charge >= 0.3 is 6.16 Å². The number of carbonyl (C=O) groups is 1. The molecule has 5 heteroatoms. The van der Waals surface area contributed by atoms with Gasteiger partial charge in [-0.05, 0) is 0 Å². The number of ether oxygens (including phenoxy) is 2. The summed E-state index contributed by atoms with van der Waals surface area (Å²) in [6.45, 7) is -0.822. The molecule has 0 spiro atoms. The van der Waals surface area contributed by atoms with Crippen molar-refractivity contribution in [3.63, 3.8) is 0 Å². The van der Waals surface area contributed by atoms with Crippen LogP contribution in [0.4, 0.5) is 4.79 Å². The summed E-state index contributed by atoms with van der Waals surface area (Å²) in [5.41, 5.74) is 0. The van der Waals surface area contributed by atoms with Crippen LogP contribution in [0.15, 0.2) is 0 Å². The molecule has 0 radical (unpaired) electrons. The van der Waals surface area contributed by atoms with Crippen molar-refractivity contribution in [3.8, 4) is 0 Å². The van der Waals surface area contributed by atoms with Gasteiger partial charge in [0.15, 0.2) is 6.10 Å². The normalized spacial score (nSPS) is 9.60. The molecule has 0 aromatic rings. The van der Waals surface area contributed by atoms with Crippen molar-refractivity contribution >= 4 is 6.16 Å². The molecule has 0 aromatic carbocycles. The van der Waals surface area contributed by atoms with E-state index in [0.717, 1.165) is 7.11 Å². The Morgan fingerprint density at radius 1 is 1.50 bits per heavy atom. The monoisotopic (exact) mass is 150 g/mol. The third-order valence-corrected chi connectivity index (χ3v) is 0.837. The van der Waals surface area contributed by atoms with Crippen LogP contribution in [0.3, 0.4) is 0 Å².